The van der Waals surface area contributed by atoms with E-state index in [1.54, 1.807) is 11.3 Å². The summed E-state index contributed by atoms with van der Waals surface area (Å²) in [6.45, 7) is 0. The lowest BCUT2D eigenvalue weighted by atomic mass is 10.0. The van der Waals surface area contributed by atoms with E-state index in [1.165, 1.54) is 16.3 Å². The van der Waals surface area contributed by atoms with Crippen LogP contribution in [0, 0.1) is 0 Å². The zero-order chi connectivity index (χ0) is 13.2. The van der Waals surface area contributed by atoms with E-state index in [2.05, 4.69) is 42.5 Å². The Kier molecular flexibility index (Phi) is 3.79. The fourth-order valence-corrected chi connectivity index (χ4v) is 3.67. The SMILES string of the molecule is Clc1ccc(C(Cl)Cc2cccc3ccccc23)s1. The van der Waals surface area contributed by atoms with Gasteiger partial charge in [-0.05, 0) is 34.9 Å². The molecule has 0 amide bonds. The van der Waals surface area contributed by atoms with Crippen LogP contribution in [-0.2, 0) is 6.42 Å². The van der Waals surface area contributed by atoms with E-state index in [1.807, 2.05) is 12.1 Å². The Morgan fingerprint density at radius 1 is 0.947 bits per heavy atom. The molecule has 0 saturated heterocycles. The summed E-state index contributed by atoms with van der Waals surface area (Å²) in [5.41, 5.74) is 1.28. The minimum atomic E-state index is -0.0247. The van der Waals surface area contributed by atoms with Gasteiger partial charge in [0.1, 0.15) is 0 Å². The fourth-order valence-electron chi connectivity index (χ4n) is 2.26. The van der Waals surface area contributed by atoms with Gasteiger partial charge in [-0.25, -0.2) is 0 Å². The van der Waals surface area contributed by atoms with Crippen LogP contribution in [0.2, 0.25) is 4.34 Å². The zero-order valence-electron chi connectivity index (χ0n) is 10.1. The Hall–Kier alpha value is -1.02. The average Bonchev–Trinajstić information content (AvgIpc) is 2.86. The van der Waals surface area contributed by atoms with Crippen LogP contribution in [-0.4, -0.2) is 0 Å². The summed E-state index contributed by atoms with van der Waals surface area (Å²) in [4.78, 5) is 1.12. The van der Waals surface area contributed by atoms with E-state index in [4.69, 9.17) is 23.2 Å². The molecule has 0 saturated carbocycles. The third kappa shape index (κ3) is 2.79. The van der Waals surface area contributed by atoms with Crippen molar-refractivity contribution in [3.8, 4) is 0 Å². The predicted molar refractivity (Wildman–Crippen MR) is 85.6 cm³/mol. The summed E-state index contributed by atoms with van der Waals surface area (Å²) in [6.07, 6.45) is 0.819. The highest BCUT2D eigenvalue weighted by molar-refractivity contribution is 7.16. The first-order chi connectivity index (χ1) is 9.24. The van der Waals surface area contributed by atoms with E-state index in [0.29, 0.717) is 0 Å². The number of thiophene rings is 1. The molecule has 0 bridgehead atoms. The maximum absolute atomic E-state index is 6.51. The Balaban J connectivity index is 1.93. The summed E-state index contributed by atoms with van der Waals surface area (Å²) in [5, 5.41) is 2.51. The van der Waals surface area contributed by atoms with E-state index in [-0.39, 0.29) is 5.38 Å². The molecule has 0 aliphatic heterocycles. The number of benzene rings is 2. The molecule has 0 nitrogen and oxygen atoms in total. The fraction of sp³-hybridized carbons (Fsp3) is 0.125. The van der Waals surface area contributed by atoms with Gasteiger partial charge < -0.3 is 0 Å². The van der Waals surface area contributed by atoms with Gasteiger partial charge >= 0.3 is 0 Å². The van der Waals surface area contributed by atoms with E-state index in [0.717, 1.165) is 15.6 Å². The minimum absolute atomic E-state index is 0.0247. The van der Waals surface area contributed by atoms with Gasteiger partial charge in [-0.1, -0.05) is 54.1 Å². The van der Waals surface area contributed by atoms with Crippen LogP contribution in [0.4, 0.5) is 0 Å². The van der Waals surface area contributed by atoms with Gasteiger partial charge in [0.15, 0.2) is 0 Å². The summed E-state index contributed by atoms with van der Waals surface area (Å²) in [5.74, 6) is 0. The highest BCUT2D eigenvalue weighted by Gasteiger charge is 2.12. The summed E-state index contributed by atoms with van der Waals surface area (Å²) in [6, 6.07) is 18.7. The van der Waals surface area contributed by atoms with Crippen molar-refractivity contribution < 1.29 is 0 Å². The number of fused-ring (bicyclic) bond motifs is 1. The molecule has 0 aliphatic rings. The van der Waals surface area contributed by atoms with Crippen LogP contribution in [0.15, 0.2) is 54.6 Å². The number of halogens is 2. The molecule has 0 N–H and O–H groups in total. The lowest BCUT2D eigenvalue weighted by Gasteiger charge is -2.10. The largest absolute Gasteiger partial charge is 0.127 e. The van der Waals surface area contributed by atoms with Gasteiger partial charge in [0.2, 0.25) is 0 Å². The first kappa shape index (κ1) is 13.0. The third-order valence-corrected chi connectivity index (χ3v) is 5.05. The molecular formula is C16H12Cl2S. The van der Waals surface area contributed by atoms with Crippen LogP contribution in [0.5, 0.6) is 0 Å². The standard InChI is InChI=1S/C16H12Cl2S/c17-14(15-8-9-16(18)19-15)10-12-6-3-5-11-4-1-2-7-13(11)12/h1-9,14H,10H2. The highest BCUT2D eigenvalue weighted by atomic mass is 35.5. The molecule has 96 valence electrons. The lowest BCUT2D eigenvalue weighted by molar-refractivity contribution is 0.948. The van der Waals surface area contributed by atoms with Crippen molar-refractivity contribution in [3.63, 3.8) is 0 Å². The van der Waals surface area contributed by atoms with Gasteiger partial charge in [-0.3, -0.25) is 0 Å². The van der Waals surface area contributed by atoms with Crippen molar-refractivity contribution in [2.45, 2.75) is 11.8 Å². The lowest BCUT2D eigenvalue weighted by Crippen LogP contribution is -1.94. The number of hydrogen-bond acceptors (Lipinski definition) is 1. The Labute approximate surface area is 126 Å². The van der Waals surface area contributed by atoms with Gasteiger partial charge in [0, 0.05) is 4.88 Å². The third-order valence-electron chi connectivity index (χ3n) is 3.18. The van der Waals surface area contributed by atoms with Crippen molar-refractivity contribution in [2.24, 2.45) is 0 Å². The molecule has 0 radical (unpaired) electrons. The summed E-state index contributed by atoms with van der Waals surface area (Å²) in [7, 11) is 0. The molecule has 2 aromatic carbocycles. The van der Waals surface area contributed by atoms with E-state index >= 15 is 0 Å². The second kappa shape index (κ2) is 5.54. The molecule has 1 aromatic heterocycles. The van der Waals surface area contributed by atoms with Crippen LogP contribution < -0.4 is 0 Å². The Morgan fingerprint density at radius 2 is 1.74 bits per heavy atom. The van der Waals surface area contributed by atoms with Crippen molar-refractivity contribution >= 4 is 45.3 Å². The maximum atomic E-state index is 6.51. The second-order valence-electron chi connectivity index (χ2n) is 4.45. The number of alkyl halides is 1. The molecule has 3 aromatic rings. The van der Waals surface area contributed by atoms with Crippen LogP contribution in [0.3, 0.4) is 0 Å². The van der Waals surface area contributed by atoms with Gasteiger partial charge in [-0.2, -0.15) is 0 Å². The van der Waals surface area contributed by atoms with Crippen molar-refractivity contribution in [2.75, 3.05) is 0 Å². The maximum Gasteiger partial charge on any atom is 0.0931 e. The van der Waals surface area contributed by atoms with Crippen LogP contribution >= 0.6 is 34.5 Å². The van der Waals surface area contributed by atoms with E-state index in [9.17, 15) is 0 Å². The van der Waals surface area contributed by atoms with Crippen LogP contribution in [0.1, 0.15) is 15.8 Å². The monoisotopic (exact) mass is 306 g/mol. The van der Waals surface area contributed by atoms with Crippen molar-refractivity contribution in [1.82, 2.24) is 0 Å². The molecule has 0 aliphatic carbocycles. The van der Waals surface area contributed by atoms with Crippen LogP contribution in [0.25, 0.3) is 10.8 Å². The van der Waals surface area contributed by atoms with Gasteiger partial charge in [0.25, 0.3) is 0 Å². The van der Waals surface area contributed by atoms with Crippen molar-refractivity contribution in [1.29, 1.82) is 0 Å². The predicted octanol–water partition coefficient (Wildman–Crippen LogP) is 6.08. The summed E-state index contributed by atoms with van der Waals surface area (Å²) < 4.78 is 0.790. The quantitative estimate of drug-likeness (QED) is 0.515. The normalized spacial score (nSPS) is 12.7. The Bertz CT molecular complexity index is 697. The zero-order valence-corrected chi connectivity index (χ0v) is 12.5. The molecule has 3 heteroatoms. The molecule has 1 heterocycles. The molecule has 1 atom stereocenters. The summed E-state index contributed by atoms with van der Waals surface area (Å²) >= 11 is 14.0. The van der Waals surface area contributed by atoms with E-state index < -0.39 is 0 Å². The molecule has 19 heavy (non-hydrogen) atoms. The first-order valence-electron chi connectivity index (χ1n) is 6.10. The minimum Gasteiger partial charge on any atom is -0.127 e. The smallest absolute Gasteiger partial charge is 0.0931 e. The number of hydrogen-bond donors (Lipinski definition) is 0. The number of rotatable bonds is 3. The molecule has 0 spiro atoms. The topological polar surface area (TPSA) is 0 Å². The molecule has 3 rings (SSSR count). The van der Waals surface area contributed by atoms with Gasteiger partial charge in [-0.15, -0.1) is 22.9 Å². The molecule has 0 fully saturated rings. The first-order valence-corrected chi connectivity index (χ1v) is 7.73. The Morgan fingerprint density at radius 3 is 2.53 bits per heavy atom. The highest BCUT2D eigenvalue weighted by Crippen LogP contribution is 2.34. The molecular weight excluding hydrogens is 295 g/mol. The molecule has 1 unspecified atom stereocenters. The van der Waals surface area contributed by atoms with Gasteiger partial charge in [0.05, 0.1) is 9.71 Å². The average molecular weight is 307 g/mol. The van der Waals surface area contributed by atoms with Crippen molar-refractivity contribution in [3.05, 3.63) is 69.4 Å². The second-order valence-corrected chi connectivity index (χ2v) is 6.73.